The van der Waals surface area contributed by atoms with Crippen LogP contribution in [0.4, 0.5) is 10.5 Å². The molecule has 1 atom stereocenters. The van der Waals surface area contributed by atoms with Crippen molar-refractivity contribution in [1.29, 1.82) is 0 Å². The Morgan fingerprint density at radius 3 is 2.50 bits per heavy atom. The van der Waals surface area contributed by atoms with Crippen LogP contribution in [0.5, 0.6) is 0 Å². The minimum Gasteiger partial charge on any atom is -0.481 e. The second-order valence-electron chi connectivity index (χ2n) is 4.14. The van der Waals surface area contributed by atoms with Gasteiger partial charge in [-0.2, -0.15) is 0 Å². The van der Waals surface area contributed by atoms with Gasteiger partial charge in [-0.3, -0.25) is 13.9 Å². The third-order valence-electron chi connectivity index (χ3n) is 2.53. The van der Waals surface area contributed by atoms with Crippen LogP contribution in [0.25, 0.3) is 0 Å². The molecule has 110 valence electrons. The normalized spacial score (nSPS) is 11.7. The SMILES string of the molecule is CS(=O)CCNC(=O)N(CCC(=O)O)c1ccccc1. The molecule has 2 N–H and O–H groups in total. The maximum atomic E-state index is 12.1. The fraction of sp³-hybridized carbons (Fsp3) is 0.385. The molecule has 1 unspecified atom stereocenters. The minimum absolute atomic E-state index is 0.0837. The van der Waals surface area contributed by atoms with Gasteiger partial charge in [0.2, 0.25) is 0 Å². The van der Waals surface area contributed by atoms with E-state index in [0.717, 1.165) is 0 Å². The van der Waals surface area contributed by atoms with Gasteiger partial charge in [-0.05, 0) is 12.1 Å². The van der Waals surface area contributed by atoms with Crippen LogP contribution in [0.3, 0.4) is 0 Å². The van der Waals surface area contributed by atoms with E-state index < -0.39 is 16.8 Å². The number of carbonyl (C=O) groups excluding carboxylic acids is 1. The molecule has 20 heavy (non-hydrogen) atoms. The summed E-state index contributed by atoms with van der Waals surface area (Å²) in [4.78, 5) is 24.1. The molecule has 0 radical (unpaired) electrons. The molecule has 0 saturated carbocycles. The van der Waals surface area contributed by atoms with E-state index in [1.54, 1.807) is 30.5 Å². The number of benzene rings is 1. The first kappa shape index (κ1) is 16.2. The molecular formula is C13H18N2O4S. The van der Waals surface area contributed by atoms with Crippen LogP contribution in [-0.4, -0.2) is 46.4 Å². The van der Waals surface area contributed by atoms with Crippen LogP contribution in [0, 0.1) is 0 Å². The number of aliphatic carboxylic acids is 1. The summed E-state index contributed by atoms with van der Waals surface area (Å²) in [5.74, 6) is -0.596. The van der Waals surface area contributed by atoms with Crippen LogP contribution >= 0.6 is 0 Å². The Hall–Kier alpha value is -1.89. The largest absolute Gasteiger partial charge is 0.481 e. The lowest BCUT2D eigenvalue weighted by Crippen LogP contribution is -2.42. The van der Waals surface area contributed by atoms with Crippen LogP contribution in [0.1, 0.15) is 6.42 Å². The number of amides is 2. The van der Waals surface area contributed by atoms with Crippen LogP contribution in [-0.2, 0) is 15.6 Å². The molecule has 1 aromatic rings. The van der Waals surface area contributed by atoms with Crippen LogP contribution in [0.2, 0.25) is 0 Å². The zero-order valence-corrected chi connectivity index (χ0v) is 12.1. The van der Waals surface area contributed by atoms with E-state index in [1.807, 2.05) is 6.07 Å². The quantitative estimate of drug-likeness (QED) is 0.788. The highest BCUT2D eigenvalue weighted by atomic mass is 32.2. The number of carboxylic acids is 1. The number of anilines is 1. The average molecular weight is 298 g/mol. The fourth-order valence-electron chi connectivity index (χ4n) is 1.56. The number of para-hydroxylation sites is 1. The molecule has 7 heteroatoms. The van der Waals surface area contributed by atoms with E-state index in [9.17, 15) is 13.8 Å². The summed E-state index contributed by atoms with van der Waals surface area (Å²) in [6, 6.07) is 8.45. The summed E-state index contributed by atoms with van der Waals surface area (Å²) in [6.07, 6.45) is 1.42. The molecule has 0 saturated heterocycles. The fourth-order valence-corrected chi connectivity index (χ4v) is 1.95. The molecule has 0 spiro atoms. The molecule has 0 aliphatic heterocycles. The zero-order chi connectivity index (χ0) is 15.0. The number of carboxylic acid groups (broad SMARTS) is 1. The van der Waals surface area contributed by atoms with Crippen molar-refractivity contribution in [2.24, 2.45) is 0 Å². The first-order valence-corrected chi connectivity index (χ1v) is 7.85. The number of hydrogen-bond donors (Lipinski definition) is 2. The van der Waals surface area contributed by atoms with Crippen molar-refractivity contribution in [1.82, 2.24) is 5.32 Å². The van der Waals surface area contributed by atoms with Crippen molar-refractivity contribution < 1.29 is 18.9 Å². The molecule has 1 aromatic carbocycles. The van der Waals surface area contributed by atoms with E-state index in [4.69, 9.17) is 5.11 Å². The first-order chi connectivity index (χ1) is 9.50. The molecule has 0 bridgehead atoms. The lowest BCUT2D eigenvalue weighted by Gasteiger charge is -2.22. The number of urea groups is 1. The highest BCUT2D eigenvalue weighted by Crippen LogP contribution is 2.13. The van der Waals surface area contributed by atoms with E-state index in [0.29, 0.717) is 18.0 Å². The van der Waals surface area contributed by atoms with Gasteiger partial charge < -0.3 is 10.4 Å². The van der Waals surface area contributed by atoms with Gasteiger partial charge in [0.05, 0.1) is 6.42 Å². The van der Waals surface area contributed by atoms with Crippen molar-refractivity contribution in [2.75, 3.05) is 30.0 Å². The Labute approximate surface area is 120 Å². The van der Waals surface area contributed by atoms with Crippen molar-refractivity contribution in [3.63, 3.8) is 0 Å². The summed E-state index contributed by atoms with van der Waals surface area (Å²) >= 11 is 0. The smallest absolute Gasteiger partial charge is 0.321 e. The van der Waals surface area contributed by atoms with Crippen molar-refractivity contribution in [2.45, 2.75) is 6.42 Å². The maximum absolute atomic E-state index is 12.1. The van der Waals surface area contributed by atoms with Gasteiger partial charge in [-0.25, -0.2) is 4.79 Å². The number of carbonyl (C=O) groups is 2. The van der Waals surface area contributed by atoms with Gasteiger partial charge in [-0.1, -0.05) is 18.2 Å². The Morgan fingerprint density at radius 2 is 1.95 bits per heavy atom. The highest BCUT2D eigenvalue weighted by molar-refractivity contribution is 7.84. The van der Waals surface area contributed by atoms with Crippen LogP contribution in [0.15, 0.2) is 30.3 Å². The number of rotatable bonds is 7. The monoisotopic (exact) mass is 298 g/mol. The van der Waals surface area contributed by atoms with Crippen LogP contribution < -0.4 is 10.2 Å². The molecular weight excluding hydrogens is 280 g/mol. The second-order valence-corrected chi connectivity index (χ2v) is 5.69. The number of hydrogen-bond acceptors (Lipinski definition) is 3. The third-order valence-corrected chi connectivity index (χ3v) is 3.31. The van der Waals surface area contributed by atoms with E-state index in [2.05, 4.69) is 5.32 Å². The molecule has 1 rings (SSSR count). The zero-order valence-electron chi connectivity index (χ0n) is 11.2. The summed E-state index contributed by atoms with van der Waals surface area (Å²) in [6.45, 7) is 0.374. The lowest BCUT2D eigenvalue weighted by molar-refractivity contribution is -0.136. The third kappa shape index (κ3) is 5.83. The Balaban J connectivity index is 2.69. The molecule has 6 nitrogen and oxygen atoms in total. The molecule has 0 aromatic heterocycles. The molecule has 2 amide bonds. The molecule has 0 heterocycles. The second kappa shape index (κ2) is 8.31. The lowest BCUT2D eigenvalue weighted by atomic mass is 10.3. The molecule has 0 aliphatic rings. The highest BCUT2D eigenvalue weighted by Gasteiger charge is 2.16. The summed E-state index contributed by atoms with van der Waals surface area (Å²) < 4.78 is 10.9. The van der Waals surface area contributed by atoms with E-state index >= 15 is 0 Å². The van der Waals surface area contributed by atoms with Gasteiger partial charge in [0.1, 0.15) is 0 Å². The van der Waals surface area contributed by atoms with Crippen molar-refractivity contribution in [3.05, 3.63) is 30.3 Å². The summed E-state index contributed by atoms with van der Waals surface area (Å²) in [5.41, 5.74) is 0.629. The van der Waals surface area contributed by atoms with Gasteiger partial charge in [0.25, 0.3) is 0 Å². The first-order valence-electron chi connectivity index (χ1n) is 6.13. The average Bonchev–Trinajstić information content (AvgIpc) is 2.39. The van der Waals surface area contributed by atoms with Crippen molar-refractivity contribution in [3.8, 4) is 0 Å². The van der Waals surface area contributed by atoms with Gasteiger partial charge in [-0.15, -0.1) is 0 Å². The molecule has 0 aliphatic carbocycles. The minimum atomic E-state index is -0.978. The Kier molecular flexibility index (Phi) is 6.72. The van der Waals surface area contributed by atoms with Gasteiger partial charge >= 0.3 is 12.0 Å². The van der Waals surface area contributed by atoms with E-state index in [-0.39, 0.29) is 19.0 Å². The Bertz CT molecular complexity index is 479. The van der Waals surface area contributed by atoms with Gasteiger partial charge in [0, 0.05) is 41.6 Å². The maximum Gasteiger partial charge on any atom is 0.321 e. The predicted octanol–water partition coefficient (Wildman–Crippen LogP) is 1.06. The Morgan fingerprint density at radius 1 is 1.30 bits per heavy atom. The standard InChI is InChI=1S/C13H18N2O4S/c1-20(19)10-8-14-13(18)15(9-7-12(16)17)11-5-3-2-4-6-11/h2-6H,7-10H2,1H3,(H,14,18)(H,16,17). The van der Waals surface area contributed by atoms with E-state index in [1.165, 1.54) is 4.90 Å². The topological polar surface area (TPSA) is 86.7 Å². The number of nitrogens with zero attached hydrogens (tertiary/aromatic N) is 1. The van der Waals surface area contributed by atoms with Crippen molar-refractivity contribution >= 4 is 28.5 Å². The van der Waals surface area contributed by atoms with Gasteiger partial charge in [0.15, 0.2) is 0 Å². The number of nitrogens with one attached hydrogen (secondary N) is 1. The predicted molar refractivity (Wildman–Crippen MR) is 78.4 cm³/mol. The molecule has 0 fully saturated rings. The summed E-state index contributed by atoms with van der Waals surface area (Å²) in [7, 11) is -0.978. The summed E-state index contributed by atoms with van der Waals surface area (Å²) in [5, 5.41) is 11.4.